The summed E-state index contributed by atoms with van der Waals surface area (Å²) in [4.78, 5) is 90.9. The molecule has 7 atom stereocenters. The molecule has 20 nitrogen and oxygen atoms in total. The van der Waals surface area contributed by atoms with Crippen LogP contribution in [0.25, 0.3) is 0 Å². The van der Waals surface area contributed by atoms with Crippen molar-refractivity contribution in [3.05, 3.63) is 130 Å². The third kappa shape index (κ3) is 8.55. The predicted octanol–water partition coefficient (Wildman–Crippen LogP) is 6.15. The Morgan fingerprint density at radius 3 is 1.81 bits per heavy atom. The number of esters is 1. The number of carbonyl (C=O) groups excluding carboxylic acids is 4. The summed E-state index contributed by atoms with van der Waals surface area (Å²) in [6.07, 6.45) is -0.751. The van der Waals surface area contributed by atoms with Gasteiger partial charge in [-0.25, -0.2) is 9.59 Å². The molecule has 1 N–H and O–H groups in total. The molecule has 21 heteroatoms. The van der Waals surface area contributed by atoms with Crippen LogP contribution in [0.5, 0.6) is 0 Å². The van der Waals surface area contributed by atoms with Crippen molar-refractivity contribution in [3.8, 4) is 0 Å². The monoisotopic (exact) mass is 875 g/mol. The van der Waals surface area contributed by atoms with Crippen LogP contribution in [0.4, 0.5) is 26.7 Å². The fourth-order valence-electron chi connectivity index (χ4n) is 8.79. The molecule has 62 heavy (non-hydrogen) atoms. The molecule has 3 saturated heterocycles. The van der Waals surface area contributed by atoms with Gasteiger partial charge in [-0.1, -0.05) is 6.92 Å². The summed E-state index contributed by atoms with van der Waals surface area (Å²) >= 11 is 1.08. The number of nitrogens with zero attached hydrogens (tertiary/aromatic N) is 6. The van der Waals surface area contributed by atoms with Gasteiger partial charge in [0.1, 0.15) is 50.1 Å². The van der Waals surface area contributed by atoms with Crippen LogP contribution in [0.15, 0.2) is 83.4 Å². The number of amides is 3. The summed E-state index contributed by atoms with van der Waals surface area (Å²) in [6, 6.07) is 15.5. The van der Waals surface area contributed by atoms with Crippen molar-refractivity contribution < 1.29 is 57.2 Å². The van der Waals surface area contributed by atoms with Crippen molar-refractivity contribution >= 4 is 53.1 Å². The number of aliphatic hydroxyl groups is 1. The Hall–Kier alpha value is -6.45. The number of nitro groups is 3. The van der Waals surface area contributed by atoms with Crippen LogP contribution in [-0.2, 0) is 43.6 Å². The summed E-state index contributed by atoms with van der Waals surface area (Å²) < 4.78 is 16.9. The zero-order valence-electron chi connectivity index (χ0n) is 33.6. The highest BCUT2D eigenvalue weighted by Gasteiger charge is 2.64. The van der Waals surface area contributed by atoms with Crippen molar-refractivity contribution in [3.63, 3.8) is 0 Å². The number of ether oxygens (including phenoxy) is 3. The standard InChI is InChI=1S/C41H43N6O14S/c1-24-35-34(25(2)48)38(49)43(35)36(39(50)59-21-26-5-11-30(12-6-26)44(53)54)37(24)62-47(41(52)61-23-28-9-15-32(16-10-28)46(57)58)19-3-4-33(47)29-17-18-42(20-29)40(51)60-22-27-7-13-31(14-8-27)45(55)56/h5-16,24-25,29,33-35,48H,3-4,17-23H2,1-2H3/q+1/t24-,25-,29?,33+,34-,35-,47?/m1/s1. The van der Waals surface area contributed by atoms with Gasteiger partial charge in [-0.3, -0.25) is 35.1 Å². The van der Waals surface area contributed by atoms with Gasteiger partial charge in [0.2, 0.25) is 5.91 Å². The number of benzene rings is 3. The lowest BCUT2D eigenvalue weighted by Crippen LogP contribution is -2.63. The van der Waals surface area contributed by atoms with E-state index in [4.69, 9.17) is 14.2 Å². The third-order valence-electron chi connectivity index (χ3n) is 12.0. The van der Waals surface area contributed by atoms with Gasteiger partial charge < -0.3 is 29.1 Å². The molecule has 7 rings (SSSR count). The molecule has 3 fully saturated rings. The van der Waals surface area contributed by atoms with Gasteiger partial charge in [0.25, 0.3) is 17.1 Å². The minimum atomic E-state index is -1.05. The van der Waals surface area contributed by atoms with E-state index in [1.807, 2.05) is 0 Å². The van der Waals surface area contributed by atoms with Crippen molar-refractivity contribution in [2.24, 2.45) is 17.8 Å². The average Bonchev–Trinajstić information content (AvgIpc) is 3.97. The fraction of sp³-hybridized carbons (Fsp3) is 0.415. The number of quaternary nitrogens is 1. The molecular weight excluding hydrogens is 833 g/mol. The average molecular weight is 876 g/mol. The minimum Gasteiger partial charge on any atom is -0.456 e. The number of non-ortho nitro benzene ring substituents is 3. The van der Waals surface area contributed by atoms with Crippen molar-refractivity contribution in [2.45, 2.75) is 71.1 Å². The second kappa shape index (κ2) is 17.9. The van der Waals surface area contributed by atoms with E-state index in [0.29, 0.717) is 47.4 Å². The molecular formula is C41H43N6O14S+. The molecule has 4 heterocycles. The first kappa shape index (κ1) is 43.6. The van der Waals surface area contributed by atoms with E-state index in [-0.39, 0.29) is 65.5 Å². The molecule has 3 amide bonds. The van der Waals surface area contributed by atoms with E-state index in [1.54, 1.807) is 6.92 Å². The lowest BCUT2D eigenvalue weighted by Gasteiger charge is -2.46. The van der Waals surface area contributed by atoms with Gasteiger partial charge in [0.15, 0.2) is 0 Å². The number of likely N-dealkylation sites (tertiary alicyclic amines) is 2. The van der Waals surface area contributed by atoms with Crippen LogP contribution in [-0.4, -0.2) is 95.4 Å². The molecule has 0 bridgehead atoms. The smallest absolute Gasteiger partial charge is 0.456 e. The van der Waals surface area contributed by atoms with Crippen LogP contribution in [0.1, 0.15) is 49.8 Å². The maximum Gasteiger partial charge on any atom is 0.528 e. The highest BCUT2D eigenvalue weighted by atomic mass is 32.2. The summed E-state index contributed by atoms with van der Waals surface area (Å²) in [5.41, 5.74) is 1.03. The largest absolute Gasteiger partial charge is 0.528 e. The summed E-state index contributed by atoms with van der Waals surface area (Å²) in [7, 11) is 0. The van der Waals surface area contributed by atoms with Gasteiger partial charge in [0.05, 0.1) is 37.7 Å². The summed E-state index contributed by atoms with van der Waals surface area (Å²) in [6.45, 7) is 3.44. The van der Waals surface area contributed by atoms with E-state index < -0.39 is 68.9 Å². The topological polar surface area (TPSA) is 252 Å². The first-order chi connectivity index (χ1) is 29.6. The highest BCUT2D eigenvalue weighted by Crippen LogP contribution is 2.56. The van der Waals surface area contributed by atoms with Crippen LogP contribution >= 0.6 is 11.9 Å². The van der Waals surface area contributed by atoms with Gasteiger partial charge in [-0.05, 0) is 66.4 Å². The number of aliphatic hydroxyl groups excluding tert-OH is 1. The molecule has 0 aliphatic carbocycles. The van der Waals surface area contributed by atoms with Gasteiger partial charge >= 0.3 is 18.2 Å². The maximum absolute atomic E-state index is 14.8. The number of hydrogen-bond acceptors (Lipinski definition) is 15. The number of hydrogen-bond donors (Lipinski definition) is 1. The molecule has 0 saturated carbocycles. The van der Waals surface area contributed by atoms with Crippen LogP contribution < -0.4 is 0 Å². The van der Waals surface area contributed by atoms with E-state index in [2.05, 4.69) is 0 Å². The number of fused-ring (bicyclic) bond motifs is 1. The second-order valence-corrected chi connectivity index (χ2v) is 17.0. The zero-order valence-corrected chi connectivity index (χ0v) is 34.4. The summed E-state index contributed by atoms with van der Waals surface area (Å²) in [5.74, 6) is -3.00. The Bertz CT molecular complexity index is 2310. The third-order valence-corrected chi connectivity index (χ3v) is 13.7. The van der Waals surface area contributed by atoms with E-state index >= 15 is 0 Å². The minimum absolute atomic E-state index is 0.0782. The number of rotatable bonds is 14. The van der Waals surface area contributed by atoms with E-state index in [1.165, 1.54) is 89.5 Å². The first-order valence-corrected chi connectivity index (χ1v) is 20.7. The molecule has 4 aliphatic rings. The van der Waals surface area contributed by atoms with Crippen LogP contribution in [0.3, 0.4) is 0 Å². The van der Waals surface area contributed by atoms with E-state index in [9.17, 15) is 54.6 Å². The number of nitro benzene ring substituents is 3. The maximum atomic E-state index is 14.8. The molecule has 326 valence electrons. The van der Waals surface area contributed by atoms with Crippen LogP contribution in [0, 0.1) is 48.1 Å². The molecule has 0 aromatic heterocycles. The number of carbonyl (C=O) groups is 4. The highest BCUT2D eigenvalue weighted by molar-refractivity contribution is 7.98. The van der Waals surface area contributed by atoms with Gasteiger partial charge in [0, 0.05) is 74.2 Å². The summed E-state index contributed by atoms with van der Waals surface area (Å²) in [5, 5.41) is 44.1. The van der Waals surface area contributed by atoms with Crippen LogP contribution in [0.2, 0.25) is 0 Å². The Morgan fingerprint density at radius 2 is 1.31 bits per heavy atom. The lowest BCUT2D eigenvalue weighted by molar-refractivity contribution is -0.738. The Balaban J connectivity index is 1.17. The van der Waals surface area contributed by atoms with E-state index in [0.717, 1.165) is 11.9 Å². The Morgan fingerprint density at radius 1 is 0.806 bits per heavy atom. The quantitative estimate of drug-likeness (QED) is 0.0363. The molecule has 0 radical (unpaired) electrons. The predicted molar refractivity (Wildman–Crippen MR) is 217 cm³/mol. The Kier molecular flexibility index (Phi) is 12.6. The van der Waals surface area contributed by atoms with Gasteiger partial charge in [-0.2, -0.15) is 8.68 Å². The van der Waals surface area contributed by atoms with Crippen molar-refractivity contribution in [1.29, 1.82) is 0 Å². The molecule has 4 aliphatic heterocycles. The molecule has 3 aromatic rings. The van der Waals surface area contributed by atoms with Crippen molar-refractivity contribution in [2.75, 3.05) is 19.6 Å². The lowest BCUT2D eigenvalue weighted by atomic mass is 9.79. The normalized spacial score (nSPS) is 24.6. The molecule has 2 unspecified atom stereocenters. The molecule has 3 aromatic carbocycles. The Labute approximate surface area is 358 Å². The molecule has 0 spiro atoms. The SMILES string of the molecule is C[C@@H](O)[C@H]1C(=O)N2C(C(=O)OCc3ccc([N+](=O)[O-])cc3)=C(S[N+]3(C(=O)OCc4ccc([N+](=O)[O-])cc4)CCC[C@H]3C3CCN(C(=O)OCc4ccc([N+](=O)[O-])cc4)C3)[C@H](C)[C@H]12. The second-order valence-electron chi connectivity index (χ2n) is 15.7. The number of β-lactam (4-membered cyclic amide) rings is 1. The van der Waals surface area contributed by atoms with Gasteiger partial charge in [-0.15, -0.1) is 0 Å². The van der Waals surface area contributed by atoms with Crippen molar-refractivity contribution in [1.82, 2.24) is 9.80 Å². The zero-order chi connectivity index (χ0) is 44.5. The fourth-order valence-corrected chi connectivity index (χ4v) is 10.5. The first-order valence-electron chi connectivity index (χ1n) is 19.9.